The zero-order valence-electron chi connectivity index (χ0n) is 14.3. The second kappa shape index (κ2) is 5.84. The van der Waals surface area contributed by atoms with Crippen molar-refractivity contribution in [3.63, 3.8) is 0 Å². The smallest absolute Gasteiger partial charge is 0.275 e. The molecule has 4 rings (SSSR count). The lowest BCUT2D eigenvalue weighted by Gasteiger charge is -2.23. The first-order valence-electron chi connectivity index (χ1n) is 8.42. The van der Waals surface area contributed by atoms with E-state index < -0.39 is 0 Å². The van der Waals surface area contributed by atoms with Crippen LogP contribution in [0.4, 0.5) is 5.69 Å². The fourth-order valence-electron chi connectivity index (χ4n) is 3.66. The number of fused-ring (bicyclic) bond motifs is 2. The van der Waals surface area contributed by atoms with E-state index in [1.807, 2.05) is 56.3 Å². The molecule has 1 unspecified atom stereocenters. The van der Waals surface area contributed by atoms with Gasteiger partial charge in [-0.2, -0.15) is 5.10 Å². The van der Waals surface area contributed by atoms with Crippen molar-refractivity contribution in [3.8, 4) is 0 Å². The van der Waals surface area contributed by atoms with Crippen molar-refractivity contribution in [2.24, 2.45) is 0 Å². The molecular formula is C20H19N3O2. The lowest BCUT2D eigenvalue weighted by Crippen LogP contribution is -2.40. The fraction of sp³-hybridized carbons (Fsp3) is 0.250. The van der Waals surface area contributed by atoms with Gasteiger partial charge < -0.3 is 4.90 Å². The Labute approximate surface area is 145 Å². The predicted octanol–water partition coefficient (Wildman–Crippen LogP) is 2.68. The Morgan fingerprint density at radius 3 is 2.60 bits per heavy atom. The molecule has 5 heteroatoms. The monoisotopic (exact) mass is 333 g/mol. The predicted molar refractivity (Wildman–Crippen MR) is 97.8 cm³/mol. The van der Waals surface area contributed by atoms with Crippen LogP contribution in [0.3, 0.4) is 0 Å². The number of nitrogens with zero attached hydrogens (tertiary/aromatic N) is 3. The summed E-state index contributed by atoms with van der Waals surface area (Å²) < 4.78 is 1.29. The van der Waals surface area contributed by atoms with Gasteiger partial charge in [0.15, 0.2) is 0 Å². The lowest BCUT2D eigenvalue weighted by molar-refractivity contribution is -0.119. The van der Waals surface area contributed by atoms with Crippen molar-refractivity contribution < 1.29 is 4.79 Å². The van der Waals surface area contributed by atoms with Crippen molar-refractivity contribution in [1.82, 2.24) is 9.78 Å². The van der Waals surface area contributed by atoms with Crippen LogP contribution in [-0.4, -0.2) is 21.7 Å². The molecular weight excluding hydrogens is 314 g/mol. The van der Waals surface area contributed by atoms with Crippen molar-refractivity contribution >= 4 is 22.4 Å². The zero-order valence-corrected chi connectivity index (χ0v) is 14.3. The van der Waals surface area contributed by atoms with E-state index in [1.54, 1.807) is 11.0 Å². The molecule has 0 fully saturated rings. The van der Waals surface area contributed by atoms with Gasteiger partial charge in [0.1, 0.15) is 6.54 Å². The Bertz CT molecular complexity index is 1040. The van der Waals surface area contributed by atoms with Gasteiger partial charge in [0.25, 0.3) is 5.56 Å². The van der Waals surface area contributed by atoms with Gasteiger partial charge in [-0.15, -0.1) is 0 Å². The SMILES string of the molecule is Cc1nn(CC(=O)N2c3ccccc3CC2C)c(=O)c2ccccc12. The maximum absolute atomic E-state index is 12.9. The Morgan fingerprint density at radius 1 is 1.12 bits per heavy atom. The van der Waals surface area contributed by atoms with E-state index >= 15 is 0 Å². The molecule has 0 bridgehead atoms. The summed E-state index contributed by atoms with van der Waals surface area (Å²) in [6.07, 6.45) is 0.834. The number of rotatable bonds is 2. The number of aryl methyl sites for hydroxylation is 1. The van der Waals surface area contributed by atoms with Gasteiger partial charge in [0.2, 0.25) is 5.91 Å². The van der Waals surface area contributed by atoms with Gasteiger partial charge in [0, 0.05) is 17.1 Å². The minimum atomic E-state index is -0.227. The van der Waals surface area contributed by atoms with E-state index in [1.165, 1.54) is 10.2 Å². The number of para-hydroxylation sites is 1. The molecule has 0 saturated heterocycles. The molecule has 25 heavy (non-hydrogen) atoms. The first-order valence-corrected chi connectivity index (χ1v) is 8.42. The molecule has 126 valence electrons. The fourth-order valence-corrected chi connectivity index (χ4v) is 3.66. The highest BCUT2D eigenvalue weighted by molar-refractivity contribution is 5.96. The van der Waals surface area contributed by atoms with Gasteiger partial charge in [0.05, 0.1) is 11.1 Å². The van der Waals surface area contributed by atoms with Crippen LogP contribution in [0, 0.1) is 6.92 Å². The standard InChI is InChI=1S/C20H19N3O2/c1-13-11-15-7-3-6-10-18(15)23(13)19(24)12-22-20(25)17-9-5-4-8-16(17)14(2)21-22/h3-10,13H,11-12H2,1-2H3. The highest BCUT2D eigenvalue weighted by atomic mass is 16.2. The topological polar surface area (TPSA) is 55.2 Å². The molecule has 5 nitrogen and oxygen atoms in total. The number of hydrogen-bond donors (Lipinski definition) is 0. The van der Waals surface area contributed by atoms with Gasteiger partial charge in [-0.1, -0.05) is 36.4 Å². The molecule has 0 saturated carbocycles. The Kier molecular flexibility index (Phi) is 3.64. The highest BCUT2D eigenvalue weighted by Crippen LogP contribution is 2.31. The third kappa shape index (κ3) is 2.52. The van der Waals surface area contributed by atoms with E-state index in [0.717, 1.165) is 23.2 Å². The number of amides is 1. The Balaban J connectivity index is 1.72. The minimum absolute atomic E-state index is 0.0524. The van der Waals surface area contributed by atoms with Gasteiger partial charge in [-0.05, 0) is 38.0 Å². The minimum Gasteiger partial charge on any atom is -0.307 e. The van der Waals surface area contributed by atoms with E-state index in [2.05, 4.69) is 5.10 Å². The summed E-state index contributed by atoms with van der Waals surface area (Å²) >= 11 is 0. The van der Waals surface area contributed by atoms with Crippen molar-refractivity contribution in [3.05, 3.63) is 70.1 Å². The molecule has 1 aliphatic heterocycles. The summed E-state index contributed by atoms with van der Waals surface area (Å²) in [5.74, 6) is -0.110. The average molecular weight is 333 g/mol. The second-order valence-corrected chi connectivity index (χ2v) is 6.54. The van der Waals surface area contributed by atoms with Crippen LogP contribution in [-0.2, 0) is 17.8 Å². The lowest BCUT2D eigenvalue weighted by atomic mass is 10.1. The van der Waals surface area contributed by atoms with Crippen molar-refractivity contribution in [2.45, 2.75) is 32.9 Å². The second-order valence-electron chi connectivity index (χ2n) is 6.54. The number of hydrogen-bond acceptors (Lipinski definition) is 3. The first-order chi connectivity index (χ1) is 12.1. The molecule has 1 aliphatic rings. The summed E-state index contributed by atoms with van der Waals surface area (Å²) in [4.78, 5) is 27.4. The average Bonchev–Trinajstić information content (AvgIpc) is 2.95. The number of anilines is 1. The Hall–Kier alpha value is -2.95. The van der Waals surface area contributed by atoms with E-state index in [9.17, 15) is 9.59 Å². The van der Waals surface area contributed by atoms with Crippen LogP contribution in [0.15, 0.2) is 53.3 Å². The quantitative estimate of drug-likeness (QED) is 0.724. The van der Waals surface area contributed by atoms with Gasteiger partial charge >= 0.3 is 0 Å². The van der Waals surface area contributed by atoms with Gasteiger partial charge in [-0.25, -0.2) is 4.68 Å². The molecule has 0 aliphatic carbocycles. The third-order valence-corrected chi connectivity index (χ3v) is 4.81. The van der Waals surface area contributed by atoms with Crippen LogP contribution in [0.25, 0.3) is 10.8 Å². The maximum Gasteiger partial charge on any atom is 0.275 e. The molecule has 3 aromatic rings. The van der Waals surface area contributed by atoms with Gasteiger partial charge in [-0.3, -0.25) is 9.59 Å². The molecule has 0 spiro atoms. The largest absolute Gasteiger partial charge is 0.307 e. The number of carbonyl (C=O) groups excluding carboxylic acids is 1. The summed E-state index contributed by atoms with van der Waals surface area (Å²) in [6, 6.07) is 15.4. The maximum atomic E-state index is 12.9. The zero-order chi connectivity index (χ0) is 17.6. The number of benzene rings is 2. The normalized spacial score (nSPS) is 16.2. The van der Waals surface area contributed by atoms with Crippen LogP contribution < -0.4 is 10.5 Å². The summed E-state index contributed by atoms with van der Waals surface area (Å²) in [5, 5.41) is 5.77. The summed E-state index contributed by atoms with van der Waals surface area (Å²) in [5.41, 5.74) is 2.62. The van der Waals surface area contributed by atoms with E-state index in [-0.39, 0.29) is 24.1 Å². The third-order valence-electron chi connectivity index (χ3n) is 4.81. The number of carbonyl (C=O) groups is 1. The van der Waals surface area contributed by atoms with Crippen LogP contribution in [0.5, 0.6) is 0 Å². The molecule has 1 aromatic heterocycles. The van der Waals surface area contributed by atoms with Crippen molar-refractivity contribution in [1.29, 1.82) is 0 Å². The summed E-state index contributed by atoms with van der Waals surface area (Å²) in [7, 11) is 0. The molecule has 2 heterocycles. The van der Waals surface area contributed by atoms with E-state index in [4.69, 9.17) is 0 Å². The van der Waals surface area contributed by atoms with E-state index in [0.29, 0.717) is 5.39 Å². The molecule has 1 amide bonds. The summed E-state index contributed by atoms with van der Waals surface area (Å²) in [6.45, 7) is 3.83. The first kappa shape index (κ1) is 15.6. The van der Waals surface area contributed by atoms with Crippen LogP contribution in [0.1, 0.15) is 18.2 Å². The highest BCUT2D eigenvalue weighted by Gasteiger charge is 2.30. The number of aromatic nitrogens is 2. The molecule has 0 N–H and O–H groups in total. The molecule has 2 aromatic carbocycles. The Morgan fingerprint density at radius 2 is 1.80 bits per heavy atom. The molecule has 0 radical (unpaired) electrons. The van der Waals surface area contributed by atoms with Crippen LogP contribution >= 0.6 is 0 Å². The van der Waals surface area contributed by atoms with Crippen LogP contribution in [0.2, 0.25) is 0 Å². The van der Waals surface area contributed by atoms with Crippen molar-refractivity contribution in [2.75, 3.05) is 4.90 Å². The molecule has 1 atom stereocenters.